The van der Waals surface area contributed by atoms with Gasteiger partial charge in [-0.2, -0.15) is 5.10 Å². The molecule has 0 radical (unpaired) electrons. The summed E-state index contributed by atoms with van der Waals surface area (Å²) in [7, 11) is 0. The van der Waals surface area contributed by atoms with E-state index in [4.69, 9.17) is 9.47 Å². The SMILES string of the molecule is Cc1cnn(CCNC2COC(C)(C)OC2)c1. The Bertz CT molecular complexity index is 352. The molecule has 96 valence electrons. The van der Waals surface area contributed by atoms with Crippen molar-refractivity contribution in [3.8, 4) is 0 Å². The van der Waals surface area contributed by atoms with Crippen LogP contribution in [0.25, 0.3) is 0 Å². The Kier molecular flexibility index (Phi) is 3.81. The highest BCUT2D eigenvalue weighted by molar-refractivity contribution is 4.99. The molecule has 17 heavy (non-hydrogen) atoms. The maximum atomic E-state index is 5.58. The third-order valence-corrected chi connectivity index (χ3v) is 2.80. The van der Waals surface area contributed by atoms with Crippen LogP contribution >= 0.6 is 0 Å². The van der Waals surface area contributed by atoms with Gasteiger partial charge in [0.2, 0.25) is 0 Å². The highest BCUT2D eigenvalue weighted by Crippen LogP contribution is 2.16. The maximum absolute atomic E-state index is 5.58. The van der Waals surface area contributed by atoms with E-state index in [0.29, 0.717) is 13.2 Å². The summed E-state index contributed by atoms with van der Waals surface area (Å²) < 4.78 is 13.1. The van der Waals surface area contributed by atoms with Gasteiger partial charge in [0.05, 0.1) is 32.0 Å². The van der Waals surface area contributed by atoms with Crippen molar-refractivity contribution in [2.24, 2.45) is 0 Å². The van der Waals surface area contributed by atoms with Gasteiger partial charge in [0.15, 0.2) is 5.79 Å². The van der Waals surface area contributed by atoms with Crippen molar-refractivity contribution < 1.29 is 9.47 Å². The Morgan fingerprint density at radius 1 is 1.47 bits per heavy atom. The lowest BCUT2D eigenvalue weighted by atomic mass is 10.2. The Labute approximate surface area is 102 Å². The summed E-state index contributed by atoms with van der Waals surface area (Å²) in [6.45, 7) is 9.07. The summed E-state index contributed by atoms with van der Waals surface area (Å²) in [6, 6.07) is 0.277. The number of hydrogen-bond acceptors (Lipinski definition) is 4. The first kappa shape index (κ1) is 12.5. The van der Waals surface area contributed by atoms with E-state index >= 15 is 0 Å². The number of hydrogen-bond donors (Lipinski definition) is 1. The van der Waals surface area contributed by atoms with Crippen LogP contribution in [0.3, 0.4) is 0 Å². The first-order chi connectivity index (χ1) is 8.05. The first-order valence-electron chi connectivity index (χ1n) is 6.05. The average molecular weight is 239 g/mol. The van der Waals surface area contributed by atoms with E-state index < -0.39 is 5.79 Å². The molecule has 2 heterocycles. The lowest BCUT2D eigenvalue weighted by Gasteiger charge is -2.35. The van der Waals surface area contributed by atoms with Gasteiger partial charge in [-0.3, -0.25) is 4.68 Å². The van der Waals surface area contributed by atoms with Crippen LogP contribution in [-0.4, -0.2) is 41.4 Å². The van der Waals surface area contributed by atoms with Crippen LogP contribution in [0.5, 0.6) is 0 Å². The van der Waals surface area contributed by atoms with Crippen LogP contribution in [0, 0.1) is 6.92 Å². The largest absolute Gasteiger partial charge is 0.349 e. The standard InChI is InChI=1S/C12H21N3O2/c1-10-6-14-15(7-10)5-4-13-11-8-16-12(2,3)17-9-11/h6-7,11,13H,4-5,8-9H2,1-3H3. The van der Waals surface area contributed by atoms with Gasteiger partial charge < -0.3 is 14.8 Å². The van der Waals surface area contributed by atoms with Crippen molar-refractivity contribution in [3.05, 3.63) is 18.0 Å². The van der Waals surface area contributed by atoms with Crippen molar-refractivity contribution in [1.82, 2.24) is 15.1 Å². The van der Waals surface area contributed by atoms with E-state index in [0.717, 1.165) is 13.1 Å². The Hall–Kier alpha value is -0.910. The number of nitrogens with zero attached hydrogens (tertiary/aromatic N) is 2. The fraction of sp³-hybridized carbons (Fsp3) is 0.750. The Balaban J connectivity index is 1.66. The minimum atomic E-state index is -0.433. The van der Waals surface area contributed by atoms with Gasteiger partial charge in [0.1, 0.15) is 0 Å². The second-order valence-electron chi connectivity index (χ2n) is 4.95. The van der Waals surface area contributed by atoms with Gasteiger partial charge in [-0.05, 0) is 26.3 Å². The van der Waals surface area contributed by atoms with Crippen LogP contribution in [-0.2, 0) is 16.0 Å². The molecule has 5 nitrogen and oxygen atoms in total. The molecule has 1 aliphatic heterocycles. The van der Waals surface area contributed by atoms with Gasteiger partial charge in [-0.15, -0.1) is 0 Å². The molecule has 0 amide bonds. The van der Waals surface area contributed by atoms with Crippen molar-refractivity contribution in [2.45, 2.75) is 39.1 Å². The molecule has 1 N–H and O–H groups in total. The van der Waals surface area contributed by atoms with Crippen molar-refractivity contribution >= 4 is 0 Å². The van der Waals surface area contributed by atoms with Crippen molar-refractivity contribution in [1.29, 1.82) is 0 Å². The third-order valence-electron chi connectivity index (χ3n) is 2.80. The minimum Gasteiger partial charge on any atom is -0.349 e. The van der Waals surface area contributed by atoms with Crippen molar-refractivity contribution in [2.75, 3.05) is 19.8 Å². The lowest BCUT2D eigenvalue weighted by molar-refractivity contribution is -0.252. The van der Waals surface area contributed by atoms with Crippen molar-refractivity contribution in [3.63, 3.8) is 0 Å². The second kappa shape index (κ2) is 5.16. The number of rotatable bonds is 4. The fourth-order valence-electron chi connectivity index (χ4n) is 1.78. The van der Waals surface area contributed by atoms with Crippen LogP contribution < -0.4 is 5.32 Å². The van der Waals surface area contributed by atoms with Crippen LogP contribution in [0.15, 0.2) is 12.4 Å². The summed E-state index contributed by atoms with van der Waals surface area (Å²) in [4.78, 5) is 0. The van der Waals surface area contributed by atoms with E-state index in [1.165, 1.54) is 5.56 Å². The minimum absolute atomic E-state index is 0.277. The van der Waals surface area contributed by atoms with Gasteiger partial charge in [-0.1, -0.05) is 0 Å². The summed E-state index contributed by atoms with van der Waals surface area (Å²) in [6.07, 6.45) is 3.91. The predicted molar refractivity (Wildman–Crippen MR) is 64.7 cm³/mol. The fourth-order valence-corrected chi connectivity index (χ4v) is 1.78. The highest BCUT2D eigenvalue weighted by Gasteiger charge is 2.27. The zero-order valence-corrected chi connectivity index (χ0v) is 10.8. The molecule has 1 aliphatic rings. The molecule has 1 fully saturated rings. The second-order valence-corrected chi connectivity index (χ2v) is 4.95. The molecule has 1 saturated heterocycles. The van der Waals surface area contributed by atoms with E-state index in [9.17, 15) is 0 Å². The summed E-state index contributed by atoms with van der Waals surface area (Å²) in [5.74, 6) is -0.433. The first-order valence-corrected chi connectivity index (χ1v) is 6.05. The monoisotopic (exact) mass is 239 g/mol. The zero-order valence-electron chi connectivity index (χ0n) is 10.8. The third kappa shape index (κ3) is 3.80. The molecule has 0 spiro atoms. The summed E-state index contributed by atoms with van der Waals surface area (Å²) in [5.41, 5.74) is 1.19. The quantitative estimate of drug-likeness (QED) is 0.849. The van der Waals surface area contributed by atoms with Crippen LogP contribution in [0.2, 0.25) is 0 Å². The molecule has 0 bridgehead atoms. The van der Waals surface area contributed by atoms with Crippen LogP contribution in [0.4, 0.5) is 0 Å². The normalized spacial score (nSPS) is 20.6. The molecule has 5 heteroatoms. The highest BCUT2D eigenvalue weighted by atomic mass is 16.7. The number of aryl methyl sites for hydroxylation is 1. The van der Waals surface area contributed by atoms with Crippen LogP contribution in [0.1, 0.15) is 19.4 Å². The number of aromatic nitrogens is 2. The molecule has 0 atom stereocenters. The Morgan fingerprint density at radius 3 is 2.76 bits per heavy atom. The molecule has 0 aliphatic carbocycles. The molecule has 2 rings (SSSR count). The smallest absolute Gasteiger partial charge is 0.162 e. The molecule has 0 saturated carbocycles. The molecule has 0 unspecified atom stereocenters. The number of ether oxygens (including phenoxy) is 2. The van der Waals surface area contributed by atoms with E-state index in [-0.39, 0.29) is 6.04 Å². The van der Waals surface area contributed by atoms with E-state index in [1.54, 1.807) is 0 Å². The molecule has 1 aromatic rings. The van der Waals surface area contributed by atoms with Gasteiger partial charge in [-0.25, -0.2) is 0 Å². The van der Waals surface area contributed by atoms with E-state index in [1.807, 2.05) is 37.8 Å². The Morgan fingerprint density at radius 2 is 2.18 bits per heavy atom. The number of nitrogens with one attached hydrogen (secondary N) is 1. The van der Waals surface area contributed by atoms with Gasteiger partial charge in [0.25, 0.3) is 0 Å². The van der Waals surface area contributed by atoms with Gasteiger partial charge in [0, 0.05) is 12.7 Å². The molecular formula is C12H21N3O2. The maximum Gasteiger partial charge on any atom is 0.162 e. The zero-order chi connectivity index (χ0) is 12.3. The average Bonchev–Trinajstić information content (AvgIpc) is 2.67. The topological polar surface area (TPSA) is 48.3 Å². The lowest BCUT2D eigenvalue weighted by Crippen LogP contribution is -2.49. The molecule has 1 aromatic heterocycles. The summed E-state index contributed by atoms with van der Waals surface area (Å²) >= 11 is 0. The predicted octanol–water partition coefficient (Wildman–Crippen LogP) is 0.933. The molecular weight excluding hydrogens is 218 g/mol. The summed E-state index contributed by atoms with van der Waals surface area (Å²) in [5, 5.41) is 7.64. The van der Waals surface area contributed by atoms with Gasteiger partial charge >= 0.3 is 0 Å². The van der Waals surface area contributed by atoms with E-state index in [2.05, 4.69) is 10.4 Å². The molecule has 0 aromatic carbocycles.